The van der Waals surface area contributed by atoms with Crippen LogP contribution >= 0.6 is 11.8 Å². The molecule has 0 N–H and O–H groups in total. The maximum absolute atomic E-state index is 13.8. The van der Waals surface area contributed by atoms with E-state index in [0.717, 1.165) is 27.8 Å². The van der Waals surface area contributed by atoms with Gasteiger partial charge in [-0.15, -0.1) is 0 Å². The summed E-state index contributed by atoms with van der Waals surface area (Å²) in [7, 11) is -1.22. The number of amides is 1. The van der Waals surface area contributed by atoms with Gasteiger partial charge in [0.25, 0.3) is 0 Å². The molecule has 3 aromatic rings. The Morgan fingerprint density at radius 2 is 1.91 bits per heavy atom. The molecule has 3 heterocycles. The topological polar surface area (TPSA) is 72.4 Å². The average Bonchev–Trinajstić information content (AvgIpc) is 3.33. The van der Waals surface area contributed by atoms with Crippen molar-refractivity contribution in [3.63, 3.8) is 0 Å². The molecular formula is C27H29N3O3SSi. The van der Waals surface area contributed by atoms with Crippen LogP contribution in [0.15, 0.2) is 65.8 Å². The lowest BCUT2D eigenvalue weighted by Gasteiger charge is -2.23. The van der Waals surface area contributed by atoms with Crippen molar-refractivity contribution in [1.82, 2.24) is 9.97 Å². The van der Waals surface area contributed by atoms with Crippen molar-refractivity contribution in [1.29, 1.82) is 0 Å². The van der Waals surface area contributed by atoms with Gasteiger partial charge in [-0.1, -0.05) is 56.0 Å². The molecule has 180 valence electrons. The molecule has 1 aromatic carbocycles. The van der Waals surface area contributed by atoms with Gasteiger partial charge in [-0.05, 0) is 41.9 Å². The van der Waals surface area contributed by atoms with Crippen LogP contribution in [-0.2, 0) is 27.8 Å². The molecule has 0 fully saturated rings. The van der Waals surface area contributed by atoms with Gasteiger partial charge in [0.15, 0.2) is 0 Å². The summed E-state index contributed by atoms with van der Waals surface area (Å²) in [6, 6.07) is 16.2. The second-order valence-electron chi connectivity index (χ2n) is 10.4. The van der Waals surface area contributed by atoms with Gasteiger partial charge in [-0.3, -0.25) is 19.5 Å². The molecule has 1 aliphatic heterocycles. The molecule has 5 rings (SSSR count). The van der Waals surface area contributed by atoms with Crippen LogP contribution in [0, 0.1) is 0 Å². The first-order chi connectivity index (χ1) is 16.8. The lowest BCUT2D eigenvalue weighted by Crippen LogP contribution is -2.42. The molecule has 0 bridgehead atoms. The van der Waals surface area contributed by atoms with Crippen molar-refractivity contribution in [2.75, 3.05) is 18.2 Å². The van der Waals surface area contributed by atoms with Gasteiger partial charge in [-0.2, -0.15) is 0 Å². The van der Waals surface area contributed by atoms with Gasteiger partial charge in [0.2, 0.25) is 11.0 Å². The van der Waals surface area contributed by atoms with Crippen LogP contribution in [0.5, 0.6) is 0 Å². The fraction of sp³-hybridized carbons (Fsp3) is 0.333. The predicted octanol–water partition coefficient (Wildman–Crippen LogP) is 5.10. The molecule has 1 atom stereocenters. The quantitative estimate of drug-likeness (QED) is 0.254. The molecule has 1 spiro atoms. The fourth-order valence-corrected chi connectivity index (χ4v) is 6.28. The van der Waals surface area contributed by atoms with E-state index in [1.54, 1.807) is 17.3 Å². The number of pyridine rings is 2. The van der Waals surface area contributed by atoms with Gasteiger partial charge in [-0.25, -0.2) is 4.98 Å². The van der Waals surface area contributed by atoms with Crippen molar-refractivity contribution in [2.45, 2.75) is 48.8 Å². The summed E-state index contributed by atoms with van der Waals surface area (Å²) >= 11 is 1.17. The first-order valence-corrected chi connectivity index (χ1v) is 16.4. The third-order valence-corrected chi connectivity index (χ3v) is 9.23. The number of hydrogen-bond acceptors (Lipinski definition) is 6. The van der Waals surface area contributed by atoms with Crippen LogP contribution in [0.2, 0.25) is 25.7 Å². The first-order valence-electron chi connectivity index (χ1n) is 11.9. The van der Waals surface area contributed by atoms with Gasteiger partial charge in [0.05, 0.1) is 5.41 Å². The molecule has 1 aliphatic carbocycles. The zero-order valence-corrected chi connectivity index (χ0v) is 22.1. The van der Waals surface area contributed by atoms with Crippen molar-refractivity contribution >= 4 is 36.7 Å². The Hall–Kier alpha value is -2.81. The van der Waals surface area contributed by atoms with Crippen molar-refractivity contribution < 1.29 is 14.3 Å². The molecule has 35 heavy (non-hydrogen) atoms. The number of ether oxygens (including phenoxy) is 1. The standard InChI is InChI=1S/C27H29N3O3SSi/c1-35(2,3)13-12-33-18-30-24-22(10-7-11-28-24)27(26(30)32)15-20-14-21(17-29-23(20)16-27)34-25(31)19-8-5-4-6-9-19/h4-11,14,17H,12-13,15-16,18H2,1-3H3. The van der Waals surface area contributed by atoms with Crippen LogP contribution in [0.25, 0.3) is 0 Å². The average molecular weight is 504 g/mol. The molecule has 2 aromatic heterocycles. The van der Waals surface area contributed by atoms with E-state index >= 15 is 0 Å². The van der Waals surface area contributed by atoms with Crippen LogP contribution < -0.4 is 4.90 Å². The summed E-state index contributed by atoms with van der Waals surface area (Å²) in [6.45, 7) is 7.79. The van der Waals surface area contributed by atoms with E-state index in [9.17, 15) is 9.59 Å². The summed E-state index contributed by atoms with van der Waals surface area (Å²) in [6.07, 6.45) is 4.55. The number of carbonyl (C=O) groups is 2. The largest absolute Gasteiger partial charge is 0.361 e. The number of aromatic nitrogens is 2. The minimum Gasteiger partial charge on any atom is -0.361 e. The second kappa shape index (κ2) is 9.33. The molecule has 0 radical (unpaired) electrons. The number of anilines is 1. The van der Waals surface area contributed by atoms with E-state index in [1.165, 1.54) is 11.8 Å². The van der Waals surface area contributed by atoms with Crippen LogP contribution in [0.1, 0.15) is 27.2 Å². The normalized spacial score (nSPS) is 18.7. The number of rotatable bonds is 7. The summed E-state index contributed by atoms with van der Waals surface area (Å²) in [5, 5.41) is -0.0202. The Labute approximate surface area is 211 Å². The van der Waals surface area contributed by atoms with E-state index in [-0.39, 0.29) is 17.8 Å². The molecule has 8 heteroatoms. The Morgan fingerprint density at radius 1 is 1.11 bits per heavy atom. The van der Waals surface area contributed by atoms with E-state index in [1.807, 2.05) is 48.5 Å². The molecule has 6 nitrogen and oxygen atoms in total. The van der Waals surface area contributed by atoms with Crippen molar-refractivity contribution in [3.05, 3.63) is 83.3 Å². The van der Waals surface area contributed by atoms with Gasteiger partial charge < -0.3 is 4.74 Å². The minimum absolute atomic E-state index is 0.0202. The Bertz CT molecular complexity index is 1280. The third-order valence-electron chi connectivity index (χ3n) is 6.65. The van der Waals surface area contributed by atoms with Gasteiger partial charge in [0.1, 0.15) is 12.5 Å². The highest BCUT2D eigenvalue weighted by atomic mass is 32.2. The van der Waals surface area contributed by atoms with E-state index < -0.39 is 13.5 Å². The summed E-state index contributed by atoms with van der Waals surface area (Å²) < 4.78 is 5.95. The van der Waals surface area contributed by atoms with E-state index in [2.05, 4.69) is 29.6 Å². The number of hydrogen-bond donors (Lipinski definition) is 0. The van der Waals surface area contributed by atoms with Crippen LogP contribution in [0.4, 0.5) is 5.82 Å². The van der Waals surface area contributed by atoms with Gasteiger partial charge in [0, 0.05) is 55.2 Å². The summed E-state index contributed by atoms with van der Waals surface area (Å²) in [5.74, 6) is 0.707. The first kappa shape index (κ1) is 23.9. The highest BCUT2D eigenvalue weighted by Gasteiger charge is 2.55. The van der Waals surface area contributed by atoms with Crippen LogP contribution in [0.3, 0.4) is 0 Å². The lowest BCUT2D eigenvalue weighted by molar-refractivity contribution is -0.124. The maximum Gasteiger partial charge on any atom is 0.241 e. The van der Waals surface area contributed by atoms with E-state index in [4.69, 9.17) is 4.74 Å². The monoisotopic (exact) mass is 503 g/mol. The molecule has 1 unspecified atom stereocenters. The highest BCUT2D eigenvalue weighted by molar-refractivity contribution is 8.14. The predicted molar refractivity (Wildman–Crippen MR) is 141 cm³/mol. The minimum atomic E-state index is -1.22. The Kier molecular flexibility index (Phi) is 6.37. The van der Waals surface area contributed by atoms with Crippen molar-refractivity contribution in [2.24, 2.45) is 0 Å². The smallest absolute Gasteiger partial charge is 0.241 e. The second-order valence-corrected chi connectivity index (χ2v) is 17.1. The Morgan fingerprint density at radius 3 is 2.69 bits per heavy atom. The molecule has 0 saturated carbocycles. The van der Waals surface area contributed by atoms with Crippen molar-refractivity contribution in [3.8, 4) is 0 Å². The zero-order chi connectivity index (χ0) is 24.6. The third kappa shape index (κ3) is 4.70. The molecule has 0 saturated heterocycles. The van der Waals surface area contributed by atoms with Crippen LogP contribution in [-0.4, -0.2) is 42.4 Å². The van der Waals surface area contributed by atoms with E-state index in [0.29, 0.717) is 30.8 Å². The highest BCUT2D eigenvalue weighted by Crippen LogP contribution is 2.49. The summed E-state index contributed by atoms with van der Waals surface area (Å²) in [5.41, 5.74) is 2.80. The Balaban J connectivity index is 1.36. The maximum atomic E-state index is 13.8. The number of fused-ring (bicyclic) bond motifs is 3. The number of benzene rings is 1. The summed E-state index contributed by atoms with van der Waals surface area (Å²) in [4.78, 5) is 38.2. The number of nitrogens with zero attached hydrogens (tertiary/aromatic N) is 3. The lowest BCUT2D eigenvalue weighted by atomic mass is 9.80. The fourth-order valence-electron chi connectivity index (χ4n) is 4.75. The molecule has 1 amide bonds. The zero-order valence-electron chi connectivity index (χ0n) is 20.3. The van der Waals surface area contributed by atoms with Gasteiger partial charge >= 0.3 is 0 Å². The number of thioether (sulfide) groups is 1. The molecular weight excluding hydrogens is 474 g/mol. The molecule has 2 aliphatic rings. The SMILES string of the molecule is C[Si](C)(C)CCOCN1C(=O)C2(Cc3cc(SC(=O)c4ccccc4)cnc3C2)c2cccnc21. The number of carbonyl (C=O) groups excluding carboxylic acids is 2.